The molecule has 0 atom stereocenters. The average Bonchev–Trinajstić information content (AvgIpc) is 1.61. The molecule has 0 amide bonds. The Morgan fingerprint density at radius 3 is 2.14 bits per heavy atom. The van der Waals surface area contributed by atoms with Crippen molar-refractivity contribution in [1.29, 1.82) is 0 Å². The van der Waals surface area contributed by atoms with Crippen LogP contribution in [0.1, 0.15) is 13.3 Å². The van der Waals surface area contributed by atoms with E-state index in [4.69, 9.17) is 4.84 Å². The van der Waals surface area contributed by atoms with Gasteiger partial charge in [-0.05, 0) is 6.42 Å². The van der Waals surface area contributed by atoms with Gasteiger partial charge < -0.3 is 0 Å². The largest absolute Gasteiger partial charge is 0.300 e. The van der Waals surface area contributed by atoms with Gasteiger partial charge in [0.15, 0.2) is 0 Å². The van der Waals surface area contributed by atoms with Crippen molar-refractivity contribution in [3.8, 4) is 0 Å². The van der Waals surface area contributed by atoms with E-state index in [9.17, 15) is 0 Å². The highest BCUT2D eigenvalue weighted by Crippen LogP contribution is 1.80. The molecule has 0 N–H and O–H groups in total. The Morgan fingerprint density at radius 2 is 2.00 bits per heavy atom. The topological polar surface area (TPSA) is 12.5 Å². The second-order valence-electron chi connectivity index (χ2n) is 1.65. The predicted octanol–water partition coefficient (Wildman–Crippen LogP) is 0.890. The van der Waals surface area contributed by atoms with Crippen LogP contribution in [0.4, 0.5) is 0 Å². The van der Waals surface area contributed by atoms with E-state index >= 15 is 0 Å². The Kier molecular flexibility index (Phi) is 4.04. The van der Waals surface area contributed by atoms with Gasteiger partial charge in [0.05, 0.1) is 6.61 Å². The predicted molar refractivity (Wildman–Crippen MR) is 29.9 cm³/mol. The van der Waals surface area contributed by atoms with Crippen LogP contribution in [0.5, 0.6) is 0 Å². The van der Waals surface area contributed by atoms with E-state index in [1.54, 1.807) is 5.06 Å². The second-order valence-corrected chi connectivity index (χ2v) is 1.65. The third-order valence-electron chi connectivity index (χ3n) is 0.554. The molecule has 2 nitrogen and oxygen atoms in total. The summed E-state index contributed by atoms with van der Waals surface area (Å²) in [4.78, 5) is 5.02. The first-order chi connectivity index (χ1) is 3.27. The van der Waals surface area contributed by atoms with Crippen LogP contribution >= 0.6 is 0 Å². The Labute approximate surface area is 45.0 Å². The number of hydrogen-bond acceptors (Lipinski definition) is 2. The summed E-state index contributed by atoms with van der Waals surface area (Å²) in [6.45, 7) is 2.91. The monoisotopic (exact) mass is 103 g/mol. The zero-order valence-electron chi connectivity index (χ0n) is 5.27. The summed E-state index contributed by atoms with van der Waals surface area (Å²) in [6.07, 6.45) is 1.08. The van der Waals surface area contributed by atoms with Crippen LogP contribution in [0.2, 0.25) is 0 Å². The molecule has 0 rings (SSSR count). The van der Waals surface area contributed by atoms with Gasteiger partial charge in [0, 0.05) is 14.1 Å². The maximum absolute atomic E-state index is 5.02. The van der Waals surface area contributed by atoms with Crippen LogP contribution in [0.15, 0.2) is 0 Å². The second kappa shape index (κ2) is 4.09. The fraction of sp³-hybridized carbons (Fsp3) is 1.00. The highest BCUT2D eigenvalue weighted by Gasteiger charge is 1.82. The molecule has 0 radical (unpaired) electrons. The maximum Gasteiger partial charge on any atom is 0.0682 e. The Hall–Kier alpha value is -0.0800. The molecule has 0 aromatic carbocycles. The molecule has 0 saturated heterocycles. The Morgan fingerprint density at radius 1 is 1.43 bits per heavy atom. The summed E-state index contributed by atoms with van der Waals surface area (Å²) in [5.74, 6) is 0. The first-order valence-corrected chi connectivity index (χ1v) is 2.57. The lowest BCUT2D eigenvalue weighted by atomic mass is 10.5. The highest BCUT2D eigenvalue weighted by atomic mass is 16.7. The van der Waals surface area contributed by atoms with E-state index < -0.39 is 0 Å². The quantitative estimate of drug-likeness (QED) is 0.492. The molecular formula is C5H13NO. The number of hydrogen-bond donors (Lipinski definition) is 0. The summed E-state index contributed by atoms with van der Waals surface area (Å²) in [6, 6.07) is 0. The van der Waals surface area contributed by atoms with Gasteiger partial charge in [-0.1, -0.05) is 6.92 Å². The van der Waals surface area contributed by atoms with Crippen LogP contribution in [0.25, 0.3) is 0 Å². The molecule has 0 aromatic rings. The van der Waals surface area contributed by atoms with Gasteiger partial charge in [-0.3, -0.25) is 4.84 Å². The average molecular weight is 103 g/mol. The summed E-state index contributed by atoms with van der Waals surface area (Å²) >= 11 is 0. The lowest BCUT2D eigenvalue weighted by Gasteiger charge is -2.07. The SMILES string of the molecule is CCCON(C)C. The lowest BCUT2D eigenvalue weighted by molar-refractivity contribution is -0.119. The molecule has 0 heterocycles. The van der Waals surface area contributed by atoms with Gasteiger partial charge >= 0.3 is 0 Å². The summed E-state index contributed by atoms with van der Waals surface area (Å²) < 4.78 is 0. The first kappa shape index (κ1) is 6.92. The number of nitrogens with zero attached hydrogens (tertiary/aromatic N) is 1. The van der Waals surface area contributed by atoms with Gasteiger partial charge in [-0.15, -0.1) is 0 Å². The van der Waals surface area contributed by atoms with E-state index in [1.807, 2.05) is 14.1 Å². The minimum absolute atomic E-state index is 0.826. The lowest BCUT2D eigenvalue weighted by Crippen LogP contribution is -2.12. The standard InChI is InChI=1S/C5H13NO/c1-4-5-7-6(2)3/h4-5H2,1-3H3. The van der Waals surface area contributed by atoms with Crippen molar-refractivity contribution in [3.05, 3.63) is 0 Å². The minimum Gasteiger partial charge on any atom is -0.300 e. The Balaban J connectivity index is 2.68. The molecule has 0 aliphatic rings. The molecule has 0 bridgehead atoms. The highest BCUT2D eigenvalue weighted by molar-refractivity contribution is 4.18. The van der Waals surface area contributed by atoms with E-state index in [0.29, 0.717) is 0 Å². The van der Waals surface area contributed by atoms with Crippen LogP contribution in [0, 0.1) is 0 Å². The van der Waals surface area contributed by atoms with Crippen molar-refractivity contribution in [3.63, 3.8) is 0 Å². The van der Waals surface area contributed by atoms with Crippen molar-refractivity contribution < 1.29 is 4.84 Å². The Bertz CT molecular complexity index is 37.1. The van der Waals surface area contributed by atoms with Gasteiger partial charge in [0.25, 0.3) is 0 Å². The zero-order chi connectivity index (χ0) is 5.70. The van der Waals surface area contributed by atoms with E-state index in [1.165, 1.54) is 0 Å². The number of rotatable bonds is 3. The van der Waals surface area contributed by atoms with Gasteiger partial charge in [-0.2, -0.15) is 5.06 Å². The first-order valence-electron chi connectivity index (χ1n) is 2.57. The molecule has 0 saturated carbocycles. The third kappa shape index (κ3) is 5.92. The number of hydroxylamine groups is 2. The van der Waals surface area contributed by atoms with E-state index in [-0.39, 0.29) is 0 Å². The van der Waals surface area contributed by atoms with Crippen molar-refractivity contribution in [2.45, 2.75) is 13.3 Å². The van der Waals surface area contributed by atoms with E-state index in [0.717, 1.165) is 13.0 Å². The van der Waals surface area contributed by atoms with Crippen LogP contribution in [-0.4, -0.2) is 25.8 Å². The summed E-state index contributed by atoms with van der Waals surface area (Å²) in [5, 5.41) is 1.71. The molecule has 2 heteroatoms. The fourth-order valence-corrected chi connectivity index (χ4v) is 0.274. The van der Waals surface area contributed by atoms with Gasteiger partial charge in [0.1, 0.15) is 0 Å². The summed E-state index contributed by atoms with van der Waals surface area (Å²) in [5.41, 5.74) is 0. The van der Waals surface area contributed by atoms with Crippen molar-refractivity contribution in [1.82, 2.24) is 5.06 Å². The van der Waals surface area contributed by atoms with Crippen LogP contribution < -0.4 is 0 Å². The third-order valence-corrected chi connectivity index (χ3v) is 0.554. The summed E-state index contributed by atoms with van der Waals surface area (Å²) in [7, 11) is 3.77. The molecule has 7 heavy (non-hydrogen) atoms. The molecule has 0 aliphatic heterocycles. The van der Waals surface area contributed by atoms with E-state index in [2.05, 4.69) is 6.92 Å². The van der Waals surface area contributed by atoms with Gasteiger partial charge in [-0.25, -0.2) is 0 Å². The molecule has 0 aromatic heterocycles. The van der Waals surface area contributed by atoms with Gasteiger partial charge in [0.2, 0.25) is 0 Å². The van der Waals surface area contributed by atoms with Crippen molar-refractivity contribution in [2.75, 3.05) is 20.7 Å². The normalized spacial score (nSPS) is 10.3. The molecule has 0 fully saturated rings. The minimum atomic E-state index is 0.826. The molecule has 0 unspecified atom stereocenters. The maximum atomic E-state index is 5.02. The smallest absolute Gasteiger partial charge is 0.0682 e. The fourth-order valence-electron chi connectivity index (χ4n) is 0.274. The van der Waals surface area contributed by atoms with Crippen LogP contribution in [-0.2, 0) is 4.84 Å². The molecule has 0 spiro atoms. The zero-order valence-corrected chi connectivity index (χ0v) is 5.27. The van der Waals surface area contributed by atoms with Crippen molar-refractivity contribution >= 4 is 0 Å². The molecule has 0 aliphatic carbocycles. The van der Waals surface area contributed by atoms with Crippen molar-refractivity contribution in [2.24, 2.45) is 0 Å². The molecule has 44 valence electrons. The van der Waals surface area contributed by atoms with Crippen LogP contribution in [0.3, 0.4) is 0 Å². The molecular weight excluding hydrogens is 90.1 g/mol.